The molecule has 66 valence electrons. The van der Waals surface area contributed by atoms with Gasteiger partial charge in [-0.25, -0.2) is 0 Å². The third kappa shape index (κ3) is 2.25. The maximum Gasteiger partial charge on any atom is 0.157 e. The minimum absolute atomic E-state index is 0.0916. The topological polar surface area (TPSA) is 69.9 Å². The van der Waals surface area contributed by atoms with E-state index in [1.807, 2.05) is 22.6 Å². The molecular formula is C6H11IO4. The second-order valence-electron chi connectivity index (χ2n) is 2.58. The summed E-state index contributed by atoms with van der Waals surface area (Å²) in [5, 5.41) is 27.4. The van der Waals surface area contributed by atoms with Gasteiger partial charge in [0.2, 0.25) is 0 Å². The summed E-state index contributed by atoms with van der Waals surface area (Å²) in [5.74, 6) is 0. The fraction of sp³-hybridized carbons (Fsp3) is 1.00. The first-order chi connectivity index (χ1) is 5.15. The SMILES string of the molecule is OC1CC(O)C(O)C(CI)O1. The van der Waals surface area contributed by atoms with Crippen LogP contribution in [0.4, 0.5) is 0 Å². The molecule has 0 spiro atoms. The summed E-state index contributed by atoms with van der Waals surface area (Å²) in [6.45, 7) is 0. The predicted molar refractivity (Wildman–Crippen MR) is 46.4 cm³/mol. The van der Waals surface area contributed by atoms with E-state index in [1.165, 1.54) is 0 Å². The van der Waals surface area contributed by atoms with Gasteiger partial charge in [-0.15, -0.1) is 0 Å². The molecule has 1 rings (SSSR count). The largest absolute Gasteiger partial charge is 0.390 e. The monoisotopic (exact) mass is 274 g/mol. The summed E-state index contributed by atoms with van der Waals surface area (Å²) in [4.78, 5) is 0. The lowest BCUT2D eigenvalue weighted by Crippen LogP contribution is -2.48. The van der Waals surface area contributed by atoms with Crippen molar-refractivity contribution in [2.75, 3.05) is 4.43 Å². The Morgan fingerprint density at radius 1 is 1.36 bits per heavy atom. The third-order valence-electron chi connectivity index (χ3n) is 1.70. The second-order valence-corrected chi connectivity index (χ2v) is 3.46. The fourth-order valence-corrected chi connectivity index (χ4v) is 1.79. The van der Waals surface area contributed by atoms with Crippen molar-refractivity contribution in [3.05, 3.63) is 0 Å². The number of rotatable bonds is 1. The van der Waals surface area contributed by atoms with E-state index >= 15 is 0 Å². The van der Waals surface area contributed by atoms with Crippen LogP contribution < -0.4 is 0 Å². The van der Waals surface area contributed by atoms with Crippen LogP contribution in [-0.2, 0) is 4.74 Å². The fourth-order valence-electron chi connectivity index (χ4n) is 1.06. The van der Waals surface area contributed by atoms with Crippen LogP contribution in [0.3, 0.4) is 0 Å². The minimum atomic E-state index is -0.937. The Bertz CT molecular complexity index is 132. The van der Waals surface area contributed by atoms with Gasteiger partial charge in [0.15, 0.2) is 6.29 Å². The highest BCUT2D eigenvalue weighted by atomic mass is 127. The first-order valence-corrected chi connectivity index (χ1v) is 4.93. The summed E-state index contributed by atoms with van der Waals surface area (Å²) in [6.07, 6.45) is -3.02. The molecule has 4 atom stereocenters. The predicted octanol–water partition coefficient (Wildman–Crippen LogP) is -0.750. The van der Waals surface area contributed by atoms with E-state index in [4.69, 9.17) is 14.9 Å². The first-order valence-electron chi connectivity index (χ1n) is 3.40. The van der Waals surface area contributed by atoms with Crippen molar-refractivity contribution >= 4 is 22.6 Å². The molecule has 4 unspecified atom stereocenters. The van der Waals surface area contributed by atoms with Gasteiger partial charge < -0.3 is 20.1 Å². The molecule has 0 aromatic heterocycles. The quantitative estimate of drug-likeness (QED) is 0.435. The lowest BCUT2D eigenvalue weighted by Gasteiger charge is -2.33. The molecule has 0 aromatic rings. The molecule has 0 bridgehead atoms. The average molecular weight is 274 g/mol. The van der Waals surface area contributed by atoms with Gasteiger partial charge in [0.05, 0.1) is 12.2 Å². The van der Waals surface area contributed by atoms with Crippen LogP contribution in [0, 0.1) is 0 Å². The molecule has 0 amide bonds. The molecule has 4 nitrogen and oxygen atoms in total. The van der Waals surface area contributed by atoms with Crippen molar-refractivity contribution < 1.29 is 20.1 Å². The van der Waals surface area contributed by atoms with E-state index in [0.29, 0.717) is 4.43 Å². The maximum atomic E-state index is 9.26. The highest BCUT2D eigenvalue weighted by Crippen LogP contribution is 2.20. The standard InChI is InChI=1S/C6H11IO4/c7-2-4-6(10)3(8)1-5(9)11-4/h3-6,8-10H,1-2H2. The van der Waals surface area contributed by atoms with Crippen LogP contribution in [0.15, 0.2) is 0 Å². The number of aliphatic hydroxyl groups is 3. The van der Waals surface area contributed by atoms with E-state index in [1.54, 1.807) is 0 Å². The zero-order chi connectivity index (χ0) is 8.43. The summed E-state index contributed by atoms with van der Waals surface area (Å²) >= 11 is 2.03. The molecule has 11 heavy (non-hydrogen) atoms. The Labute approximate surface area is 78.3 Å². The lowest BCUT2D eigenvalue weighted by atomic mass is 10.0. The number of halogens is 1. The minimum Gasteiger partial charge on any atom is -0.390 e. The van der Waals surface area contributed by atoms with Crippen molar-refractivity contribution in [1.82, 2.24) is 0 Å². The van der Waals surface area contributed by atoms with Crippen molar-refractivity contribution in [2.24, 2.45) is 0 Å². The summed E-state index contributed by atoms with van der Waals surface area (Å²) in [6, 6.07) is 0. The Balaban J connectivity index is 2.51. The Kier molecular flexibility index (Phi) is 3.51. The van der Waals surface area contributed by atoms with Crippen molar-refractivity contribution in [3.8, 4) is 0 Å². The van der Waals surface area contributed by atoms with Gasteiger partial charge in [-0.05, 0) is 0 Å². The van der Waals surface area contributed by atoms with Crippen molar-refractivity contribution in [3.63, 3.8) is 0 Å². The summed E-state index contributed by atoms with van der Waals surface area (Å²) in [5.41, 5.74) is 0. The zero-order valence-electron chi connectivity index (χ0n) is 5.85. The van der Waals surface area contributed by atoms with Gasteiger partial charge in [0, 0.05) is 10.8 Å². The molecule has 5 heteroatoms. The van der Waals surface area contributed by atoms with Crippen LogP contribution in [0.25, 0.3) is 0 Å². The van der Waals surface area contributed by atoms with Crippen molar-refractivity contribution in [1.29, 1.82) is 0 Å². The highest BCUT2D eigenvalue weighted by molar-refractivity contribution is 14.1. The van der Waals surface area contributed by atoms with Gasteiger partial charge in [0.1, 0.15) is 6.10 Å². The zero-order valence-corrected chi connectivity index (χ0v) is 8.01. The molecule has 0 aliphatic carbocycles. The molecule has 1 heterocycles. The molecule has 1 fully saturated rings. The molecule has 3 N–H and O–H groups in total. The number of ether oxygens (including phenoxy) is 1. The van der Waals surface area contributed by atoms with Crippen LogP contribution in [0.5, 0.6) is 0 Å². The van der Waals surface area contributed by atoms with Gasteiger partial charge in [-0.2, -0.15) is 0 Å². The molecule has 0 aromatic carbocycles. The molecule has 1 aliphatic heterocycles. The number of hydrogen-bond donors (Lipinski definition) is 3. The Hall–Kier alpha value is 0.570. The van der Waals surface area contributed by atoms with Crippen LogP contribution in [0.2, 0.25) is 0 Å². The smallest absolute Gasteiger partial charge is 0.157 e. The molecule has 1 saturated heterocycles. The van der Waals surface area contributed by atoms with Crippen molar-refractivity contribution in [2.45, 2.75) is 31.0 Å². The van der Waals surface area contributed by atoms with Gasteiger partial charge in [-0.3, -0.25) is 0 Å². The molecule has 0 radical (unpaired) electrons. The van der Waals surface area contributed by atoms with E-state index in [9.17, 15) is 5.11 Å². The normalized spacial score (nSPS) is 45.8. The summed E-state index contributed by atoms with van der Waals surface area (Å²) in [7, 11) is 0. The Morgan fingerprint density at radius 2 is 2.00 bits per heavy atom. The van der Waals surface area contributed by atoms with Crippen LogP contribution >= 0.6 is 22.6 Å². The Morgan fingerprint density at radius 3 is 2.55 bits per heavy atom. The average Bonchev–Trinajstić information content (AvgIpc) is 1.96. The van der Waals surface area contributed by atoms with E-state index in [2.05, 4.69) is 0 Å². The summed E-state index contributed by atoms with van der Waals surface area (Å²) < 4.78 is 5.52. The van der Waals surface area contributed by atoms with Gasteiger partial charge in [0.25, 0.3) is 0 Å². The van der Waals surface area contributed by atoms with E-state index in [-0.39, 0.29) is 6.42 Å². The maximum absolute atomic E-state index is 9.26. The lowest BCUT2D eigenvalue weighted by molar-refractivity contribution is -0.224. The van der Waals surface area contributed by atoms with E-state index in [0.717, 1.165) is 0 Å². The van der Waals surface area contributed by atoms with Gasteiger partial charge in [-0.1, -0.05) is 22.6 Å². The third-order valence-corrected chi connectivity index (χ3v) is 2.57. The highest BCUT2D eigenvalue weighted by Gasteiger charge is 2.34. The van der Waals surface area contributed by atoms with E-state index < -0.39 is 24.6 Å². The van der Waals surface area contributed by atoms with Gasteiger partial charge >= 0.3 is 0 Å². The number of aliphatic hydroxyl groups excluding tert-OH is 3. The molecule has 1 aliphatic rings. The van der Waals surface area contributed by atoms with Crippen LogP contribution in [0.1, 0.15) is 6.42 Å². The molecule has 0 saturated carbocycles. The number of hydrogen-bond acceptors (Lipinski definition) is 4. The molecular weight excluding hydrogens is 263 g/mol. The second kappa shape index (κ2) is 3.99. The number of alkyl halides is 1. The van der Waals surface area contributed by atoms with Crippen LogP contribution in [-0.4, -0.2) is 44.3 Å². The first kappa shape index (κ1) is 9.66.